The molecule has 6 heteroatoms. The van der Waals surface area contributed by atoms with Gasteiger partial charge < -0.3 is 15.5 Å². The van der Waals surface area contributed by atoms with Crippen LogP contribution in [0.4, 0.5) is 4.79 Å². The molecule has 2 N–H and O–H groups in total. The number of nitrogens with zero attached hydrogens (tertiary/aromatic N) is 1. The Hall–Kier alpha value is -1.56. The van der Waals surface area contributed by atoms with Gasteiger partial charge in [0.05, 0.1) is 0 Å². The molecule has 1 unspecified atom stereocenters. The monoisotopic (exact) mass is 309 g/mol. The number of carbonyl (C=O) groups excluding carboxylic acids is 2. The molecule has 0 spiro atoms. The second-order valence-electron chi connectivity index (χ2n) is 6.20. The fourth-order valence-electron chi connectivity index (χ4n) is 2.42. The number of thiophene rings is 1. The van der Waals surface area contributed by atoms with Crippen LogP contribution in [0.2, 0.25) is 0 Å². The predicted molar refractivity (Wildman–Crippen MR) is 84.5 cm³/mol. The Kier molecular flexibility index (Phi) is 4.88. The van der Waals surface area contributed by atoms with Crippen LogP contribution >= 0.6 is 11.3 Å². The fourth-order valence-corrected chi connectivity index (χ4v) is 3.27. The maximum absolute atomic E-state index is 12.0. The van der Waals surface area contributed by atoms with Crippen molar-refractivity contribution in [2.24, 2.45) is 0 Å². The van der Waals surface area contributed by atoms with Crippen molar-refractivity contribution in [1.82, 2.24) is 15.5 Å². The summed E-state index contributed by atoms with van der Waals surface area (Å²) >= 11 is 1.70. The largest absolute Gasteiger partial charge is 0.344 e. The number of nitrogens with one attached hydrogen (secondary N) is 2. The summed E-state index contributed by atoms with van der Waals surface area (Å²) in [6, 6.07) is 3.99. The van der Waals surface area contributed by atoms with Crippen LogP contribution in [-0.2, 0) is 10.2 Å². The van der Waals surface area contributed by atoms with Crippen LogP contribution in [0.5, 0.6) is 0 Å². The van der Waals surface area contributed by atoms with Crippen molar-refractivity contribution in [2.75, 3.05) is 20.1 Å². The van der Waals surface area contributed by atoms with Gasteiger partial charge in [-0.25, -0.2) is 4.79 Å². The first-order valence-corrected chi connectivity index (χ1v) is 8.09. The Balaban J connectivity index is 1.79. The van der Waals surface area contributed by atoms with Gasteiger partial charge in [-0.2, -0.15) is 0 Å². The van der Waals surface area contributed by atoms with Crippen molar-refractivity contribution in [3.63, 3.8) is 0 Å². The molecule has 2 heterocycles. The lowest BCUT2D eigenvalue weighted by molar-refractivity contribution is -0.132. The summed E-state index contributed by atoms with van der Waals surface area (Å²) in [5, 5.41) is 7.93. The van der Waals surface area contributed by atoms with Crippen LogP contribution in [0.15, 0.2) is 17.5 Å². The summed E-state index contributed by atoms with van der Waals surface area (Å²) in [6.45, 7) is 5.40. The first kappa shape index (κ1) is 15.8. The number of urea groups is 1. The third kappa shape index (κ3) is 4.20. The van der Waals surface area contributed by atoms with Crippen LogP contribution in [0, 0.1) is 0 Å². The van der Waals surface area contributed by atoms with Gasteiger partial charge in [0.15, 0.2) is 0 Å². The third-order valence-electron chi connectivity index (χ3n) is 3.84. The molecule has 3 amide bonds. The van der Waals surface area contributed by atoms with E-state index in [2.05, 4.69) is 30.5 Å². The van der Waals surface area contributed by atoms with E-state index in [0.717, 1.165) is 0 Å². The molecule has 0 bridgehead atoms. The zero-order valence-corrected chi connectivity index (χ0v) is 13.6. The van der Waals surface area contributed by atoms with E-state index >= 15 is 0 Å². The van der Waals surface area contributed by atoms with E-state index in [1.807, 2.05) is 11.4 Å². The number of piperidine rings is 1. The summed E-state index contributed by atoms with van der Waals surface area (Å²) in [5.41, 5.74) is -0.0785. The highest BCUT2D eigenvalue weighted by Gasteiger charge is 2.26. The molecule has 2 rings (SSSR count). The summed E-state index contributed by atoms with van der Waals surface area (Å²) < 4.78 is 0. The van der Waals surface area contributed by atoms with E-state index in [1.165, 1.54) is 4.88 Å². The predicted octanol–water partition coefficient (Wildman–Crippen LogP) is 1.95. The molecule has 21 heavy (non-hydrogen) atoms. The van der Waals surface area contributed by atoms with Crippen molar-refractivity contribution in [3.05, 3.63) is 22.4 Å². The Morgan fingerprint density at radius 3 is 2.90 bits per heavy atom. The SMILES string of the molecule is CN1CC(NC(=O)NCC(C)(C)c2cccs2)CCC1=O. The zero-order chi connectivity index (χ0) is 15.5. The van der Waals surface area contributed by atoms with Crippen molar-refractivity contribution >= 4 is 23.3 Å². The Labute approximate surface area is 129 Å². The molecule has 0 radical (unpaired) electrons. The van der Waals surface area contributed by atoms with Crippen molar-refractivity contribution < 1.29 is 9.59 Å². The summed E-state index contributed by atoms with van der Waals surface area (Å²) in [7, 11) is 1.77. The molecule has 0 saturated carbocycles. The van der Waals surface area contributed by atoms with Gasteiger partial charge in [-0.05, 0) is 17.9 Å². The van der Waals surface area contributed by atoms with Crippen LogP contribution in [0.25, 0.3) is 0 Å². The molecule has 1 atom stereocenters. The first-order valence-electron chi connectivity index (χ1n) is 7.21. The Morgan fingerprint density at radius 1 is 1.52 bits per heavy atom. The molecule has 5 nitrogen and oxygen atoms in total. The minimum Gasteiger partial charge on any atom is -0.344 e. The standard InChI is InChI=1S/C15H23N3O2S/c1-15(2,12-5-4-8-21-12)10-16-14(20)17-11-6-7-13(19)18(3)9-11/h4-5,8,11H,6-7,9-10H2,1-3H3,(H2,16,17,20). The van der Waals surface area contributed by atoms with Gasteiger partial charge in [0.25, 0.3) is 0 Å². The van der Waals surface area contributed by atoms with Crippen molar-refractivity contribution in [1.29, 1.82) is 0 Å². The van der Waals surface area contributed by atoms with Crippen LogP contribution in [0.3, 0.4) is 0 Å². The first-order chi connectivity index (χ1) is 9.88. The lowest BCUT2D eigenvalue weighted by Gasteiger charge is -2.30. The van der Waals surface area contributed by atoms with Crippen LogP contribution < -0.4 is 10.6 Å². The molecular formula is C15H23N3O2S. The van der Waals surface area contributed by atoms with E-state index in [4.69, 9.17) is 0 Å². The third-order valence-corrected chi connectivity index (χ3v) is 5.08. The van der Waals surface area contributed by atoms with E-state index in [-0.39, 0.29) is 23.4 Å². The normalized spacial score (nSPS) is 19.5. The highest BCUT2D eigenvalue weighted by Crippen LogP contribution is 2.26. The molecule has 1 aliphatic heterocycles. The maximum Gasteiger partial charge on any atom is 0.315 e. The summed E-state index contributed by atoms with van der Waals surface area (Å²) in [6.07, 6.45) is 1.22. The second-order valence-corrected chi connectivity index (χ2v) is 7.15. The van der Waals surface area contributed by atoms with Crippen molar-refractivity contribution in [2.45, 2.75) is 38.1 Å². The van der Waals surface area contributed by atoms with Gasteiger partial charge in [-0.3, -0.25) is 4.79 Å². The minimum atomic E-state index is -0.160. The smallest absolute Gasteiger partial charge is 0.315 e. The average molecular weight is 309 g/mol. The average Bonchev–Trinajstić information content (AvgIpc) is 2.96. The van der Waals surface area contributed by atoms with Crippen LogP contribution in [0.1, 0.15) is 31.6 Å². The van der Waals surface area contributed by atoms with E-state index in [1.54, 1.807) is 23.3 Å². The molecule has 1 aliphatic rings. The number of rotatable bonds is 4. The highest BCUT2D eigenvalue weighted by molar-refractivity contribution is 7.10. The number of likely N-dealkylation sites (tertiary alicyclic amines) is 1. The maximum atomic E-state index is 12.0. The topological polar surface area (TPSA) is 61.4 Å². The minimum absolute atomic E-state index is 0.0394. The van der Waals surface area contributed by atoms with Gasteiger partial charge in [-0.15, -0.1) is 11.3 Å². The second kappa shape index (κ2) is 6.47. The fraction of sp³-hybridized carbons (Fsp3) is 0.600. The van der Waals surface area contributed by atoms with Gasteiger partial charge in [0.1, 0.15) is 0 Å². The number of carbonyl (C=O) groups is 2. The molecule has 1 aromatic heterocycles. The molecule has 116 valence electrons. The van der Waals surface area contributed by atoms with Gasteiger partial charge >= 0.3 is 6.03 Å². The lowest BCUT2D eigenvalue weighted by Crippen LogP contribution is -2.52. The zero-order valence-electron chi connectivity index (χ0n) is 12.8. The quantitative estimate of drug-likeness (QED) is 0.893. The van der Waals surface area contributed by atoms with Crippen molar-refractivity contribution in [3.8, 4) is 0 Å². The molecule has 1 aromatic rings. The number of hydrogen-bond acceptors (Lipinski definition) is 3. The van der Waals surface area contributed by atoms with E-state index in [0.29, 0.717) is 25.9 Å². The van der Waals surface area contributed by atoms with Gasteiger partial charge in [0, 0.05) is 42.9 Å². The Bertz CT molecular complexity index is 499. The molecule has 0 aromatic carbocycles. The van der Waals surface area contributed by atoms with Gasteiger partial charge in [0.2, 0.25) is 5.91 Å². The highest BCUT2D eigenvalue weighted by atomic mass is 32.1. The molecule has 1 saturated heterocycles. The molecule has 1 fully saturated rings. The number of likely N-dealkylation sites (N-methyl/N-ethyl adjacent to an activating group) is 1. The Morgan fingerprint density at radius 2 is 2.29 bits per heavy atom. The van der Waals surface area contributed by atoms with Crippen LogP contribution in [-0.4, -0.2) is 43.0 Å². The summed E-state index contributed by atoms with van der Waals surface area (Å²) in [4.78, 5) is 26.3. The van der Waals surface area contributed by atoms with E-state index in [9.17, 15) is 9.59 Å². The number of hydrogen-bond donors (Lipinski definition) is 2. The molecule has 0 aliphatic carbocycles. The molecular weight excluding hydrogens is 286 g/mol. The number of amides is 3. The van der Waals surface area contributed by atoms with E-state index < -0.39 is 0 Å². The van der Waals surface area contributed by atoms with Gasteiger partial charge in [-0.1, -0.05) is 19.9 Å². The summed E-state index contributed by atoms with van der Waals surface area (Å²) in [5.74, 6) is 0.146. The lowest BCUT2D eigenvalue weighted by atomic mass is 9.91.